The molecular weight excluding hydrogens is 741 g/mol. The van der Waals surface area contributed by atoms with Gasteiger partial charge in [-0.1, -0.05) is 223 Å². The molecule has 0 fully saturated rings. The molecule has 0 aromatic rings. The predicted octanol–water partition coefficient (Wildman–Crippen LogP) is 17.3. The van der Waals surface area contributed by atoms with Crippen molar-refractivity contribution < 1.29 is 23.8 Å². The molecule has 0 N–H and O–H groups in total. The summed E-state index contributed by atoms with van der Waals surface area (Å²) in [6.45, 7) is 7.72. The number of esters is 2. The van der Waals surface area contributed by atoms with E-state index in [0.29, 0.717) is 19.4 Å². The first-order chi connectivity index (χ1) is 29.6. The highest BCUT2D eigenvalue weighted by molar-refractivity contribution is 5.70. The fraction of sp³-hybridized carbons (Fsp3) is 0.782. The third-order valence-electron chi connectivity index (χ3n) is 11.0. The van der Waals surface area contributed by atoms with E-state index in [2.05, 4.69) is 81.5 Å². The monoisotopic (exact) mass is 839 g/mol. The minimum Gasteiger partial charge on any atom is -0.462 e. The van der Waals surface area contributed by atoms with Gasteiger partial charge in [-0.05, 0) is 77.0 Å². The Morgan fingerprint density at radius 2 is 0.733 bits per heavy atom. The molecule has 0 aromatic heterocycles. The third-order valence-corrected chi connectivity index (χ3v) is 11.0. The highest BCUT2D eigenvalue weighted by atomic mass is 16.6. The van der Waals surface area contributed by atoms with Crippen LogP contribution in [0.2, 0.25) is 0 Å². The first-order valence-electron chi connectivity index (χ1n) is 25.8. The van der Waals surface area contributed by atoms with Gasteiger partial charge in [0, 0.05) is 19.4 Å². The molecule has 0 saturated heterocycles. The Morgan fingerprint density at radius 3 is 1.27 bits per heavy atom. The molecule has 0 unspecified atom stereocenters. The van der Waals surface area contributed by atoms with Crippen LogP contribution in [0.4, 0.5) is 0 Å². The second-order valence-corrected chi connectivity index (χ2v) is 17.1. The van der Waals surface area contributed by atoms with E-state index in [1.807, 2.05) is 0 Å². The van der Waals surface area contributed by atoms with E-state index in [0.717, 1.165) is 70.6 Å². The Bertz CT molecular complexity index is 1040. The Kier molecular flexibility index (Phi) is 48.9. The molecule has 0 amide bonds. The molecule has 5 heteroatoms. The van der Waals surface area contributed by atoms with Gasteiger partial charge in [-0.2, -0.15) is 0 Å². The zero-order chi connectivity index (χ0) is 43.5. The van der Waals surface area contributed by atoms with E-state index in [9.17, 15) is 9.59 Å². The Labute approximate surface area is 373 Å². The standard InChI is InChI=1S/C55H98O5/c1-4-7-10-13-16-19-22-24-26-28-29-31-34-36-39-42-45-48-54(56)59-52-53(60-55(57)49-46-43-40-37-33-21-18-15-12-9-6-3)51-58-50-47-44-41-38-35-32-30-27-25-23-20-17-14-11-8-5-2/h15-16,18-19,24,26,29,31,36,39,53H,4-14,17,20-23,25,27-28,30,32-35,37-38,40-52H2,1-3H3/b18-15-,19-16-,26-24-,31-29-,39-36-/t53-/m1/s1. The van der Waals surface area contributed by atoms with Gasteiger partial charge in [0.15, 0.2) is 6.10 Å². The van der Waals surface area contributed by atoms with Crippen molar-refractivity contribution in [2.24, 2.45) is 0 Å². The van der Waals surface area contributed by atoms with Gasteiger partial charge in [-0.25, -0.2) is 0 Å². The highest BCUT2D eigenvalue weighted by Crippen LogP contribution is 2.15. The van der Waals surface area contributed by atoms with E-state index < -0.39 is 6.10 Å². The number of carbonyl (C=O) groups excluding carboxylic acids is 2. The van der Waals surface area contributed by atoms with Crippen LogP contribution in [0.3, 0.4) is 0 Å². The maximum atomic E-state index is 12.8. The Hall–Kier alpha value is -2.40. The topological polar surface area (TPSA) is 61.8 Å². The maximum absolute atomic E-state index is 12.8. The first-order valence-corrected chi connectivity index (χ1v) is 25.8. The molecule has 0 aliphatic rings. The molecule has 1 atom stereocenters. The average Bonchev–Trinajstić information content (AvgIpc) is 3.25. The summed E-state index contributed by atoms with van der Waals surface area (Å²) in [5, 5.41) is 0. The quantitative estimate of drug-likeness (QED) is 0.0347. The number of allylic oxidation sites excluding steroid dienone is 10. The van der Waals surface area contributed by atoms with E-state index in [1.54, 1.807) is 0 Å². The predicted molar refractivity (Wildman–Crippen MR) is 261 cm³/mol. The van der Waals surface area contributed by atoms with Crippen molar-refractivity contribution in [2.45, 2.75) is 258 Å². The molecule has 0 saturated carbocycles. The summed E-state index contributed by atoms with van der Waals surface area (Å²) < 4.78 is 17.3. The summed E-state index contributed by atoms with van der Waals surface area (Å²) in [6, 6.07) is 0. The van der Waals surface area contributed by atoms with Crippen LogP contribution in [-0.4, -0.2) is 37.9 Å². The second kappa shape index (κ2) is 51.0. The summed E-state index contributed by atoms with van der Waals surface area (Å²) in [5.41, 5.74) is 0. The van der Waals surface area contributed by atoms with Crippen LogP contribution in [0.25, 0.3) is 0 Å². The molecule has 0 aliphatic carbocycles. The first kappa shape index (κ1) is 57.6. The highest BCUT2D eigenvalue weighted by Gasteiger charge is 2.17. The summed E-state index contributed by atoms with van der Waals surface area (Å²) in [7, 11) is 0. The largest absolute Gasteiger partial charge is 0.462 e. The molecule has 60 heavy (non-hydrogen) atoms. The molecule has 5 nitrogen and oxygen atoms in total. The van der Waals surface area contributed by atoms with Crippen molar-refractivity contribution in [3.05, 3.63) is 60.8 Å². The SMILES string of the molecule is CCCC/C=C\CCCCCCCC(=O)O[C@H](COCCCCCCCCCCCCCCCCCC)COC(=O)CCC/C=C\C/C=C\C/C=C\C/C=C\CCCCC. The minimum absolute atomic E-state index is 0.0552. The summed E-state index contributed by atoms with van der Waals surface area (Å²) >= 11 is 0. The normalized spacial score (nSPS) is 12.7. The summed E-state index contributed by atoms with van der Waals surface area (Å²) in [4.78, 5) is 25.3. The lowest BCUT2D eigenvalue weighted by Crippen LogP contribution is -2.30. The summed E-state index contributed by atoms with van der Waals surface area (Å²) in [5.74, 6) is -0.466. The van der Waals surface area contributed by atoms with Gasteiger partial charge in [-0.15, -0.1) is 0 Å². The zero-order valence-electron chi connectivity index (χ0n) is 40.0. The summed E-state index contributed by atoms with van der Waals surface area (Å²) in [6.07, 6.45) is 63.8. The van der Waals surface area contributed by atoms with Crippen molar-refractivity contribution in [1.82, 2.24) is 0 Å². The van der Waals surface area contributed by atoms with Gasteiger partial charge < -0.3 is 14.2 Å². The number of hydrogen-bond acceptors (Lipinski definition) is 5. The molecule has 0 aliphatic heterocycles. The van der Waals surface area contributed by atoms with Crippen LogP contribution in [0.15, 0.2) is 60.8 Å². The van der Waals surface area contributed by atoms with Crippen LogP contribution in [0.5, 0.6) is 0 Å². The van der Waals surface area contributed by atoms with E-state index in [4.69, 9.17) is 14.2 Å². The molecule has 348 valence electrons. The Balaban J connectivity index is 4.31. The van der Waals surface area contributed by atoms with Gasteiger partial charge in [0.2, 0.25) is 0 Å². The molecule has 0 heterocycles. The minimum atomic E-state index is -0.560. The van der Waals surface area contributed by atoms with Crippen LogP contribution in [0, 0.1) is 0 Å². The van der Waals surface area contributed by atoms with E-state index in [1.165, 1.54) is 148 Å². The number of ether oxygens (including phenoxy) is 3. The molecule has 0 radical (unpaired) electrons. The molecule has 0 aromatic carbocycles. The van der Waals surface area contributed by atoms with Crippen molar-refractivity contribution >= 4 is 11.9 Å². The number of hydrogen-bond donors (Lipinski definition) is 0. The number of carbonyl (C=O) groups is 2. The van der Waals surface area contributed by atoms with Crippen molar-refractivity contribution in [1.29, 1.82) is 0 Å². The molecule has 0 rings (SSSR count). The Morgan fingerprint density at radius 1 is 0.367 bits per heavy atom. The maximum Gasteiger partial charge on any atom is 0.306 e. The lowest BCUT2D eigenvalue weighted by Gasteiger charge is -2.18. The van der Waals surface area contributed by atoms with Gasteiger partial charge in [0.1, 0.15) is 6.61 Å². The second-order valence-electron chi connectivity index (χ2n) is 17.1. The third kappa shape index (κ3) is 48.3. The fourth-order valence-electron chi connectivity index (χ4n) is 7.13. The van der Waals surface area contributed by atoms with Gasteiger partial charge >= 0.3 is 11.9 Å². The van der Waals surface area contributed by atoms with Crippen LogP contribution in [0.1, 0.15) is 252 Å². The average molecular weight is 839 g/mol. The van der Waals surface area contributed by atoms with Gasteiger partial charge in [-0.3, -0.25) is 9.59 Å². The van der Waals surface area contributed by atoms with Crippen LogP contribution in [-0.2, 0) is 23.8 Å². The van der Waals surface area contributed by atoms with Crippen molar-refractivity contribution in [3.8, 4) is 0 Å². The lowest BCUT2D eigenvalue weighted by molar-refractivity contribution is -0.163. The van der Waals surface area contributed by atoms with E-state index in [-0.39, 0.29) is 25.2 Å². The fourth-order valence-corrected chi connectivity index (χ4v) is 7.13. The van der Waals surface area contributed by atoms with Gasteiger partial charge in [0.05, 0.1) is 6.61 Å². The van der Waals surface area contributed by atoms with Crippen LogP contribution >= 0.6 is 0 Å². The smallest absolute Gasteiger partial charge is 0.306 e. The lowest BCUT2D eigenvalue weighted by atomic mass is 10.0. The molecule has 0 spiro atoms. The van der Waals surface area contributed by atoms with Crippen molar-refractivity contribution in [2.75, 3.05) is 19.8 Å². The van der Waals surface area contributed by atoms with Crippen molar-refractivity contribution in [3.63, 3.8) is 0 Å². The number of rotatable bonds is 47. The van der Waals surface area contributed by atoms with Crippen LogP contribution < -0.4 is 0 Å². The molecular formula is C55H98O5. The van der Waals surface area contributed by atoms with E-state index >= 15 is 0 Å². The number of unbranched alkanes of at least 4 members (excludes halogenated alkanes) is 26. The van der Waals surface area contributed by atoms with Gasteiger partial charge in [0.25, 0.3) is 0 Å². The molecule has 0 bridgehead atoms. The zero-order valence-corrected chi connectivity index (χ0v) is 40.0.